The van der Waals surface area contributed by atoms with Crippen LogP contribution in [-0.2, 0) is 20.8 Å². The summed E-state index contributed by atoms with van der Waals surface area (Å²) >= 11 is 1.25. The zero-order chi connectivity index (χ0) is 25.5. The van der Waals surface area contributed by atoms with E-state index in [1.165, 1.54) is 22.1 Å². The van der Waals surface area contributed by atoms with Gasteiger partial charge in [0.15, 0.2) is 15.5 Å². The molecule has 1 atom stereocenters. The number of hydrogen-bond acceptors (Lipinski definition) is 6. The molecule has 4 aromatic rings. The second kappa shape index (κ2) is 9.38. The van der Waals surface area contributed by atoms with Gasteiger partial charge in [-0.1, -0.05) is 18.2 Å². The molecular formula is C25H21F3N2O4S2. The first-order valence-corrected chi connectivity index (χ1v) is 13.7. The molecule has 0 spiro atoms. The molecule has 1 saturated heterocycles. The van der Waals surface area contributed by atoms with Crippen LogP contribution in [0.25, 0.3) is 26.7 Å². The van der Waals surface area contributed by atoms with Crippen molar-refractivity contribution in [1.29, 1.82) is 0 Å². The fraction of sp³-hybridized carbons (Fsp3) is 0.240. The van der Waals surface area contributed by atoms with Crippen LogP contribution in [0.5, 0.6) is 5.75 Å². The van der Waals surface area contributed by atoms with Gasteiger partial charge in [-0.2, -0.15) is 18.3 Å². The number of rotatable bonds is 6. The Bertz CT molecular complexity index is 1500. The van der Waals surface area contributed by atoms with Gasteiger partial charge in [0.05, 0.1) is 34.4 Å². The molecule has 0 saturated carbocycles. The van der Waals surface area contributed by atoms with Gasteiger partial charge in [-0.3, -0.25) is 0 Å². The fourth-order valence-corrected chi connectivity index (χ4v) is 5.56. The van der Waals surface area contributed by atoms with Crippen LogP contribution in [-0.4, -0.2) is 43.8 Å². The highest BCUT2D eigenvalue weighted by molar-refractivity contribution is 7.90. The first-order valence-electron chi connectivity index (χ1n) is 11.0. The highest BCUT2D eigenvalue weighted by Crippen LogP contribution is 2.39. The van der Waals surface area contributed by atoms with Crippen molar-refractivity contribution in [2.75, 3.05) is 19.5 Å². The number of benzene rings is 2. The lowest BCUT2D eigenvalue weighted by Gasteiger charge is -2.13. The minimum Gasteiger partial charge on any atom is -0.488 e. The Balaban J connectivity index is 1.54. The Labute approximate surface area is 209 Å². The van der Waals surface area contributed by atoms with E-state index < -0.39 is 21.7 Å². The molecule has 0 aliphatic carbocycles. The van der Waals surface area contributed by atoms with E-state index >= 15 is 0 Å². The van der Waals surface area contributed by atoms with Crippen molar-refractivity contribution in [1.82, 2.24) is 9.78 Å². The first kappa shape index (κ1) is 24.5. The molecule has 1 aliphatic heterocycles. The molecule has 36 heavy (non-hydrogen) atoms. The topological polar surface area (TPSA) is 70.4 Å². The molecular weight excluding hydrogens is 513 g/mol. The third-order valence-electron chi connectivity index (χ3n) is 5.66. The average Bonchev–Trinajstić information content (AvgIpc) is 3.58. The molecule has 3 heterocycles. The molecule has 1 fully saturated rings. The maximum absolute atomic E-state index is 13.6. The van der Waals surface area contributed by atoms with E-state index in [9.17, 15) is 21.6 Å². The van der Waals surface area contributed by atoms with Crippen molar-refractivity contribution in [2.24, 2.45) is 0 Å². The maximum atomic E-state index is 13.6. The Morgan fingerprint density at radius 3 is 2.56 bits per heavy atom. The molecule has 2 aromatic heterocycles. The van der Waals surface area contributed by atoms with Gasteiger partial charge in [-0.05, 0) is 48.0 Å². The fourth-order valence-electron chi connectivity index (χ4n) is 3.89. The van der Waals surface area contributed by atoms with Crippen LogP contribution in [0.1, 0.15) is 12.1 Å². The maximum Gasteiger partial charge on any atom is 0.435 e. The lowest BCUT2D eigenvalue weighted by molar-refractivity contribution is -0.141. The molecule has 1 aliphatic rings. The smallest absolute Gasteiger partial charge is 0.435 e. The molecule has 0 bridgehead atoms. The molecule has 11 heteroatoms. The molecule has 0 radical (unpaired) electrons. The molecule has 0 amide bonds. The number of ether oxygens (including phenoxy) is 2. The number of aromatic nitrogens is 2. The van der Waals surface area contributed by atoms with Crippen molar-refractivity contribution in [3.8, 4) is 32.4 Å². The SMILES string of the molecule is CS(=O)(=O)c1cccc(-c2ccc(-c3cc(C(F)(F)F)nn3-c3cccc(OC4CCOC4)c3)s2)c1. The molecule has 1 unspecified atom stereocenters. The van der Waals surface area contributed by atoms with E-state index in [-0.39, 0.29) is 16.7 Å². The Morgan fingerprint density at radius 1 is 1.06 bits per heavy atom. The summed E-state index contributed by atoms with van der Waals surface area (Å²) in [5.41, 5.74) is 0.331. The molecule has 0 N–H and O–H groups in total. The normalized spacial score (nSPS) is 16.4. The summed E-state index contributed by atoms with van der Waals surface area (Å²) in [5, 5.41) is 3.87. The average molecular weight is 535 g/mol. The van der Waals surface area contributed by atoms with Gasteiger partial charge in [-0.15, -0.1) is 11.3 Å². The summed E-state index contributed by atoms with van der Waals surface area (Å²) in [6, 6.07) is 17.7. The van der Waals surface area contributed by atoms with E-state index in [2.05, 4.69) is 5.10 Å². The highest BCUT2D eigenvalue weighted by atomic mass is 32.2. The van der Waals surface area contributed by atoms with Gasteiger partial charge in [0.25, 0.3) is 0 Å². The second-order valence-electron chi connectivity index (χ2n) is 8.39. The Morgan fingerprint density at radius 2 is 1.83 bits per heavy atom. The lowest BCUT2D eigenvalue weighted by Crippen LogP contribution is -2.15. The predicted octanol–water partition coefficient (Wildman–Crippen LogP) is 5.86. The van der Waals surface area contributed by atoms with Crippen molar-refractivity contribution in [3.05, 3.63) is 72.4 Å². The number of alkyl halides is 3. The quantitative estimate of drug-likeness (QED) is 0.310. The number of nitrogens with zero attached hydrogens (tertiary/aromatic N) is 2. The summed E-state index contributed by atoms with van der Waals surface area (Å²) < 4.78 is 77.3. The van der Waals surface area contributed by atoms with Gasteiger partial charge in [0, 0.05) is 23.6 Å². The molecule has 188 valence electrons. The van der Waals surface area contributed by atoms with Crippen LogP contribution in [0.4, 0.5) is 13.2 Å². The number of halogens is 3. The summed E-state index contributed by atoms with van der Waals surface area (Å²) in [5.74, 6) is 0.516. The number of hydrogen-bond donors (Lipinski definition) is 0. The standard InChI is InChI=1S/C25H21F3N2O4S2/c1-36(31,32)20-7-2-4-16(12-20)22-8-9-23(35-22)21-14-24(25(26,27)28)29-30(21)17-5-3-6-18(13-17)34-19-10-11-33-15-19/h2-9,12-14,19H,10-11,15H2,1H3. The highest BCUT2D eigenvalue weighted by Gasteiger charge is 2.35. The summed E-state index contributed by atoms with van der Waals surface area (Å²) in [4.78, 5) is 1.44. The van der Waals surface area contributed by atoms with E-state index in [0.717, 1.165) is 23.6 Å². The third-order valence-corrected chi connectivity index (χ3v) is 7.92. The zero-order valence-corrected chi connectivity index (χ0v) is 20.7. The van der Waals surface area contributed by atoms with Crippen molar-refractivity contribution < 1.29 is 31.1 Å². The lowest BCUT2D eigenvalue weighted by atomic mass is 10.2. The summed E-state index contributed by atoms with van der Waals surface area (Å²) in [7, 11) is -3.40. The van der Waals surface area contributed by atoms with E-state index in [4.69, 9.17) is 9.47 Å². The van der Waals surface area contributed by atoms with Gasteiger partial charge < -0.3 is 9.47 Å². The largest absolute Gasteiger partial charge is 0.488 e. The second-order valence-corrected chi connectivity index (χ2v) is 11.5. The van der Waals surface area contributed by atoms with Gasteiger partial charge >= 0.3 is 6.18 Å². The molecule has 6 nitrogen and oxygen atoms in total. The van der Waals surface area contributed by atoms with E-state index in [1.54, 1.807) is 54.6 Å². The zero-order valence-electron chi connectivity index (χ0n) is 19.0. The number of sulfone groups is 1. The van der Waals surface area contributed by atoms with Crippen LogP contribution >= 0.6 is 11.3 Å². The minimum absolute atomic E-state index is 0.106. The monoisotopic (exact) mass is 534 g/mol. The molecule has 5 rings (SSSR count). The van der Waals surface area contributed by atoms with Crippen LogP contribution < -0.4 is 4.74 Å². The van der Waals surface area contributed by atoms with Crippen molar-refractivity contribution in [3.63, 3.8) is 0 Å². The van der Waals surface area contributed by atoms with Crippen LogP contribution in [0.15, 0.2) is 71.6 Å². The van der Waals surface area contributed by atoms with Gasteiger partial charge in [-0.25, -0.2) is 13.1 Å². The summed E-state index contributed by atoms with van der Waals surface area (Å²) in [6.07, 6.45) is -2.86. The van der Waals surface area contributed by atoms with Gasteiger partial charge in [0.2, 0.25) is 0 Å². The predicted molar refractivity (Wildman–Crippen MR) is 130 cm³/mol. The number of thiophene rings is 1. The third kappa shape index (κ3) is 5.18. The summed E-state index contributed by atoms with van der Waals surface area (Å²) in [6.45, 7) is 1.07. The van der Waals surface area contributed by atoms with E-state index in [1.807, 2.05) is 0 Å². The molecule has 2 aromatic carbocycles. The van der Waals surface area contributed by atoms with Crippen LogP contribution in [0.3, 0.4) is 0 Å². The Hall–Kier alpha value is -3.15. The van der Waals surface area contributed by atoms with Crippen molar-refractivity contribution in [2.45, 2.75) is 23.6 Å². The van der Waals surface area contributed by atoms with E-state index in [0.29, 0.717) is 35.1 Å². The van der Waals surface area contributed by atoms with Gasteiger partial charge in [0.1, 0.15) is 11.9 Å². The Kier molecular flexibility index (Phi) is 6.39. The minimum atomic E-state index is -4.63. The van der Waals surface area contributed by atoms with Crippen molar-refractivity contribution >= 4 is 21.2 Å². The first-order chi connectivity index (χ1) is 17.1. The van der Waals surface area contributed by atoms with Crippen LogP contribution in [0.2, 0.25) is 0 Å². The van der Waals surface area contributed by atoms with Crippen LogP contribution in [0, 0.1) is 0 Å².